The van der Waals surface area contributed by atoms with Crippen molar-refractivity contribution >= 4 is 29.1 Å². The van der Waals surface area contributed by atoms with Crippen LogP contribution in [-0.4, -0.2) is 36.3 Å². The summed E-state index contributed by atoms with van der Waals surface area (Å²) in [4.78, 5) is 26.2. The predicted octanol–water partition coefficient (Wildman–Crippen LogP) is 3.06. The maximum Gasteiger partial charge on any atom is 0.313 e. The summed E-state index contributed by atoms with van der Waals surface area (Å²) in [7, 11) is 0. The van der Waals surface area contributed by atoms with Gasteiger partial charge < -0.3 is 10.6 Å². The Morgan fingerprint density at radius 2 is 1.93 bits per heavy atom. The third kappa shape index (κ3) is 5.52. The van der Waals surface area contributed by atoms with Gasteiger partial charge in [-0.15, -0.1) is 0 Å². The highest BCUT2D eigenvalue weighted by Gasteiger charge is 2.24. The SMILES string of the molecule is O=C(NC[C@H]1CCN(Cc2ccccc2)C1)C(=O)Nc1ccc(Cl)c(F)c1. The van der Waals surface area contributed by atoms with Crippen molar-refractivity contribution in [3.05, 3.63) is 64.9 Å². The Bertz CT molecular complexity index is 816. The minimum atomic E-state index is -0.823. The molecule has 7 heteroatoms. The summed E-state index contributed by atoms with van der Waals surface area (Å²) in [5, 5.41) is 4.98. The summed E-state index contributed by atoms with van der Waals surface area (Å²) in [5.41, 5.74) is 1.45. The van der Waals surface area contributed by atoms with Gasteiger partial charge in [-0.1, -0.05) is 41.9 Å². The molecule has 3 rings (SSSR count). The number of benzene rings is 2. The van der Waals surface area contributed by atoms with Crippen LogP contribution >= 0.6 is 11.6 Å². The second kappa shape index (κ2) is 8.97. The molecule has 0 aliphatic carbocycles. The van der Waals surface area contributed by atoms with Crippen LogP contribution in [0.2, 0.25) is 5.02 Å². The Labute approximate surface area is 162 Å². The number of amides is 2. The minimum absolute atomic E-state index is 0.0428. The standard InChI is InChI=1S/C20H21ClFN3O2/c21-17-7-6-16(10-18(17)22)24-20(27)19(26)23-11-15-8-9-25(13-15)12-14-4-2-1-3-5-14/h1-7,10,15H,8-9,11-13H2,(H,23,26)(H,24,27)/t15-/m1/s1. The summed E-state index contributed by atoms with van der Waals surface area (Å²) in [6, 6.07) is 14.1. The molecule has 1 saturated heterocycles. The third-order valence-corrected chi connectivity index (χ3v) is 4.86. The normalized spacial score (nSPS) is 16.9. The van der Waals surface area contributed by atoms with Crippen LogP contribution in [0.4, 0.5) is 10.1 Å². The Morgan fingerprint density at radius 3 is 2.67 bits per heavy atom. The highest BCUT2D eigenvalue weighted by Crippen LogP contribution is 2.19. The maximum atomic E-state index is 13.4. The highest BCUT2D eigenvalue weighted by molar-refractivity contribution is 6.39. The van der Waals surface area contributed by atoms with E-state index in [2.05, 4.69) is 27.7 Å². The first-order valence-corrected chi connectivity index (χ1v) is 9.19. The van der Waals surface area contributed by atoms with Crippen LogP contribution in [0.1, 0.15) is 12.0 Å². The molecule has 5 nitrogen and oxygen atoms in total. The fraction of sp³-hybridized carbons (Fsp3) is 0.300. The second-order valence-electron chi connectivity index (χ2n) is 6.67. The van der Waals surface area contributed by atoms with Gasteiger partial charge in [0.25, 0.3) is 0 Å². The van der Waals surface area contributed by atoms with Crippen LogP contribution in [0.25, 0.3) is 0 Å². The highest BCUT2D eigenvalue weighted by atomic mass is 35.5. The molecule has 1 atom stereocenters. The number of nitrogens with one attached hydrogen (secondary N) is 2. The summed E-state index contributed by atoms with van der Waals surface area (Å²) in [6.45, 7) is 3.16. The van der Waals surface area contributed by atoms with Crippen LogP contribution in [0, 0.1) is 11.7 Å². The Hall–Kier alpha value is -2.44. The van der Waals surface area contributed by atoms with E-state index in [4.69, 9.17) is 11.6 Å². The van der Waals surface area contributed by atoms with Crippen LogP contribution in [0.15, 0.2) is 48.5 Å². The molecule has 0 spiro atoms. The summed E-state index contributed by atoms with van der Waals surface area (Å²) in [5.74, 6) is -1.90. The van der Waals surface area contributed by atoms with Gasteiger partial charge in [0.2, 0.25) is 0 Å². The minimum Gasteiger partial charge on any atom is -0.347 e. The summed E-state index contributed by atoms with van der Waals surface area (Å²) >= 11 is 5.59. The maximum absolute atomic E-state index is 13.4. The first-order valence-electron chi connectivity index (χ1n) is 8.82. The molecule has 1 aliphatic heterocycles. The van der Waals surface area contributed by atoms with Crippen LogP contribution in [0.3, 0.4) is 0 Å². The van der Waals surface area contributed by atoms with Crippen molar-refractivity contribution in [2.75, 3.05) is 25.0 Å². The van der Waals surface area contributed by atoms with E-state index in [0.717, 1.165) is 32.1 Å². The van der Waals surface area contributed by atoms with E-state index in [0.29, 0.717) is 12.5 Å². The van der Waals surface area contributed by atoms with E-state index in [9.17, 15) is 14.0 Å². The van der Waals surface area contributed by atoms with Gasteiger partial charge in [0.15, 0.2) is 0 Å². The predicted molar refractivity (Wildman–Crippen MR) is 103 cm³/mol. The van der Waals surface area contributed by atoms with E-state index >= 15 is 0 Å². The first kappa shape index (κ1) is 19.3. The number of hydrogen-bond donors (Lipinski definition) is 2. The van der Waals surface area contributed by atoms with Gasteiger partial charge in [-0.2, -0.15) is 0 Å². The molecule has 0 radical (unpaired) electrons. The van der Waals surface area contributed by atoms with E-state index in [1.807, 2.05) is 18.2 Å². The van der Waals surface area contributed by atoms with E-state index in [1.165, 1.54) is 17.7 Å². The van der Waals surface area contributed by atoms with Crippen molar-refractivity contribution in [3.63, 3.8) is 0 Å². The largest absolute Gasteiger partial charge is 0.347 e. The molecule has 1 heterocycles. The Kier molecular flexibility index (Phi) is 6.42. The lowest BCUT2D eigenvalue weighted by molar-refractivity contribution is -0.136. The monoisotopic (exact) mass is 389 g/mol. The average molecular weight is 390 g/mol. The van der Waals surface area contributed by atoms with Crippen molar-refractivity contribution < 1.29 is 14.0 Å². The van der Waals surface area contributed by atoms with Gasteiger partial charge in [-0.25, -0.2) is 4.39 Å². The van der Waals surface area contributed by atoms with Crippen molar-refractivity contribution in [1.82, 2.24) is 10.2 Å². The lowest BCUT2D eigenvalue weighted by Crippen LogP contribution is -2.38. The zero-order valence-corrected chi connectivity index (χ0v) is 15.5. The molecule has 0 aromatic heterocycles. The van der Waals surface area contributed by atoms with Crippen LogP contribution in [-0.2, 0) is 16.1 Å². The fourth-order valence-electron chi connectivity index (χ4n) is 3.14. The molecule has 1 fully saturated rings. The molecule has 0 unspecified atom stereocenters. The molecule has 1 aliphatic rings. The van der Waals surface area contributed by atoms with E-state index in [1.54, 1.807) is 0 Å². The van der Waals surface area contributed by atoms with Gasteiger partial charge in [-0.3, -0.25) is 14.5 Å². The zero-order valence-electron chi connectivity index (χ0n) is 14.8. The van der Waals surface area contributed by atoms with Gasteiger partial charge >= 0.3 is 11.8 Å². The molecular formula is C20H21ClFN3O2. The molecule has 2 aromatic carbocycles. The molecular weight excluding hydrogens is 369 g/mol. The number of nitrogens with zero attached hydrogens (tertiary/aromatic N) is 1. The lowest BCUT2D eigenvalue weighted by Gasteiger charge is -2.16. The lowest BCUT2D eigenvalue weighted by atomic mass is 10.1. The summed E-state index contributed by atoms with van der Waals surface area (Å²) < 4.78 is 13.4. The number of carbonyl (C=O) groups is 2. The number of rotatable bonds is 5. The Morgan fingerprint density at radius 1 is 1.15 bits per heavy atom. The summed E-state index contributed by atoms with van der Waals surface area (Å²) in [6.07, 6.45) is 0.969. The van der Waals surface area contributed by atoms with Gasteiger partial charge in [0, 0.05) is 25.3 Å². The van der Waals surface area contributed by atoms with Crippen LogP contribution < -0.4 is 10.6 Å². The molecule has 2 amide bonds. The number of hydrogen-bond acceptors (Lipinski definition) is 3. The van der Waals surface area contributed by atoms with Gasteiger partial charge in [-0.05, 0) is 42.6 Å². The van der Waals surface area contributed by atoms with Gasteiger partial charge in [0.05, 0.1) is 5.02 Å². The average Bonchev–Trinajstić information content (AvgIpc) is 3.11. The molecule has 0 saturated carbocycles. The topological polar surface area (TPSA) is 61.4 Å². The zero-order chi connectivity index (χ0) is 19.2. The molecule has 27 heavy (non-hydrogen) atoms. The van der Waals surface area contributed by atoms with Crippen LogP contribution in [0.5, 0.6) is 0 Å². The van der Waals surface area contributed by atoms with Crippen molar-refractivity contribution in [3.8, 4) is 0 Å². The Balaban J connectivity index is 1.42. The van der Waals surface area contributed by atoms with E-state index < -0.39 is 17.6 Å². The molecule has 2 N–H and O–H groups in total. The number of anilines is 1. The van der Waals surface area contributed by atoms with Crippen molar-refractivity contribution in [1.29, 1.82) is 0 Å². The quantitative estimate of drug-likeness (QED) is 0.773. The smallest absolute Gasteiger partial charge is 0.313 e. The first-order chi connectivity index (χ1) is 13.0. The number of carbonyl (C=O) groups excluding carboxylic acids is 2. The van der Waals surface area contributed by atoms with Crippen molar-refractivity contribution in [2.24, 2.45) is 5.92 Å². The third-order valence-electron chi connectivity index (χ3n) is 4.55. The molecule has 2 aromatic rings. The van der Waals surface area contributed by atoms with Crippen molar-refractivity contribution in [2.45, 2.75) is 13.0 Å². The number of halogens is 2. The molecule has 0 bridgehead atoms. The fourth-order valence-corrected chi connectivity index (χ4v) is 3.26. The molecule has 142 valence electrons. The van der Waals surface area contributed by atoms with Gasteiger partial charge in [0.1, 0.15) is 5.82 Å². The van der Waals surface area contributed by atoms with E-state index in [-0.39, 0.29) is 10.7 Å². The number of likely N-dealkylation sites (tertiary alicyclic amines) is 1. The second-order valence-corrected chi connectivity index (χ2v) is 7.08.